The molecule has 14 heteroatoms. The summed E-state index contributed by atoms with van der Waals surface area (Å²) in [6.45, 7) is 6.76. The second-order valence-corrected chi connectivity index (χ2v) is 17.5. The molecule has 1 unspecified atom stereocenters. The van der Waals surface area contributed by atoms with E-state index in [2.05, 4.69) is 76.5 Å². The van der Waals surface area contributed by atoms with Crippen LogP contribution in [0.5, 0.6) is 5.88 Å². The largest absolute Gasteiger partial charge is 0.461 e. The number of hydrogen-bond donors (Lipinski definition) is 1. The second-order valence-electron chi connectivity index (χ2n) is 12.8. The molecular weight excluding hydrogens is 701 g/mol. The fourth-order valence-corrected chi connectivity index (χ4v) is 10.9. The van der Waals surface area contributed by atoms with Crippen LogP contribution >= 0.6 is 11.6 Å². The van der Waals surface area contributed by atoms with Gasteiger partial charge in [0.2, 0.25) is 12.0 Å². The SMILES string of the molecule is CC(C)(C)[Si](OCCOCC(Oc1ncnc2c1cnn2-c1c(Cl)cccc1C#N)C(=O)Nc1ccc(F)cn1)(c1ccccc1)c1ccccc1. The molecule has 0 saturated heterocycles. The number of carbonyl (C=O) groups excluding carboxylic acids is 1. The molecule has 52 heavy (non-hydrogen) atoms. The zero-order valence-corrected chi connectivity index (χ0v) is 30.4. The van der Waals surface area contributed by atoms with Crippen molar-refractivity contribution in [2.24, 2.45) is 0 Å². The number of nitriles is 1. The Morgan fingerprint density at radius 3 is 2.29 bits per heavy atom. The summed E-state index contributed by atoms with van der Waals surface area (Å²) < 4.78 is 34.2. The van der Waals surface area contributed by atoms with Gasteiger partial charge in [0, 0.05) is 0 Å². The van der Waals surface area contributed by atoms with E-state index in [1.807, 2.05) is 36.4 Å². The van der Waals surface area contributed by atoms with Gasteiger partial charge in [-0.2, -0.15) is 10.4 Å². The summed E-state index contributed by atoms with van der Waals surface area (Å²) in [5.74, 6) is -0.989. The molecule has 0 spiro atoms. The third-order valence-corrected chi connectivity index (χ3v) is 13.8. The first-order valence-electron chi connectivity index (χ1n) is 16.4. The number of amides is 1. The number of benzene rings is 3. The van der Waals surface area contributed by atoms with E-state index in [1.165, 1.54) is 29.3 Å². The Hall–Kier alpha value is -5.52. The van der Waals surface area contributed by atoms with Crippen molar-refractivity contribution in [3.63, 3.8) is 0 Å². The molecule has 3 heterocycles. The predicted molar refractivity (Wildman–Crippen MR) is 198 cm³/mol. The second kappa shape index (κ2) is 15.8. The number of carbonyl (C=O) groups is 1. The van der Waals surface area contributed by atoms with Crippen molar-refractivity contribution in [1.82, 2.24) is 24.7 Å². The van der Waals surface area contributed by atoms with Crippen molar-refractivity contribution in [1.29, 1.82) is 5.26 Å². The maximum absolute atomic E-state index is 13.6. The first-order chi connectivity index (χ1) is 25.1. The highest BCUT2D eigenvalue weighted by atomic mass is 35.5. The lowest BCUT2D eigenvalue weighted by Gasteiger charge is -2.43. The Morgan fingerprint density at radius 2 is 1.65 bits per heavy atom. The van der Waals surface area contributed by atoms with E-state index in [0.29, 0.717) is 21.7 Å². The number of para-hydroxylation sites is 1. The van der Waals surface area contributed by atoms with Crippen LogP contribution in [0.4, 0.5) is 10.2 Å². The molecule has 0 bridgehead atoms. The number of hydrogen-bond acceptors (Lipinski definition) is 9. The minimum atomic E-state index is -2.82. The van der Waals surface area contributed by atoms with Gasteiger partial charge >= 0.3 is 0 Å². The average molecular weight is 736 g/mol. The van der Waals surface area contributed by atoms with Gasteiger partial charge in [-0.15, -0.1) is 0 Å². The molecule has 264 valence electrons. The van der Waals surface area contributed by atoms with Crippen LogP contribution in [0.3, 0.4) is 0 Å². The van der Waals surface area contributed by atoms with Gasteiger partial charge in [-0.25, -0.2) is 24.0 Å². The van der Waals surface area contributed by atoms with E-state index >= 15 is 0 Å². The molecular formula is C38H35ClFN7O4Si. The third kappa shape index (κ3) is 7.56. The number of fused-ring (bicyclic) bond motifs is 1. The maximum Gasteiger partial charge on any atom is 0.269 e. The van der Waals surface area contributed by atoms with E-state index in [1.54, 1.807) is 18.2 Å². The van der Waals surface area contributed by atoms with Crippen LogP contribution in [0.15, 0.2) is 110 Å². The Labute approximate surface area is 306 Å². The molecule has 1 amide bonds. The van der Waals surface area contributed by atoms with Crippen molar-refractivity contribution in [2.75, 3.05) is 25.1 Å². The van der Waals surface area contributed by atoms with E-state index in [0.717, 1.165) is 16.6 Å². The molecule has 0 saturated carbocycles. The van der Waals surface area contributed by atoms with Gasteiger partial charge in [-0.1, -0.05) is 99.1 Å². The summed E-state index contributed by atoms with van der Waals surface area (Å²) in [5.41, 5.74) is 0.928. The van der Waals surface area contributed by atoms with Gasteiger partial charge in [0.25, 0.3) is 14.2 Å². The fraction of sp³-hybridized carbons (Fsp3) is 0.211. The average Bonchev–Trinajstić information content (AvgIpc) is 3.58. The highest BCUT2D eigenvalue weighted by Gasteiger charge is 2.50. The number of nitrogens with zero attached hydrogens (tertiary/aromatic N) is 6. The lowest BCUT2D eigenvalue weighted by Crippen LogP contribution is -2.66. The van der Waals surface area contributed by atoms with Gasteiger partial charge in [0.1, 0.15) is 35.1 Å². The smallest absolute Gasteiger partial charge is 0.269 e. The van der Waals surface area contributed by atoms with Crippen molar-refractivity contribution in [3.05, 3.63) is 126 Å². The molecule has 0 aliphatic rings. The zero-order chi connectivity index (χ0) is 36.7. The van der Waals surface area contributed by atoms with Crippen molar-refractivity contribution >= 4 is 53.1 Å². The molecule has 0 radical (unpaired) electrons. The number of nitrogens with one attached hydrogen (secondary N) is 1. The van der Waals surface area contributed by atoms with Crippen LogP contribution in [-0.4, -0.2) is 64.9 Å². The molecule has 0 fully saturated rings. The number of aromatic nitrogens is 5. The first-order valence-corrected chi connectivity index (χ1v) is 18.7. The van der Waals surface area contributed by atoms with Crippen LogP contribution in [-0.2, 0) is 14.0 Å². The molecule has 6 rings (SSSR count). The molecule has 3 aromatic carbocycles. The van der Waals surface area contributed by atoms with Crippen LogP contribution in [0.25, 0.3) is 16.7 Å². The maximum atomic E-state index is 13.6. The molecule has 0 aliphatic carbocycles. The molecule has 1 atom stereocenters. The number of halogens is 2. The van der Waals surface area contributed by atoms with Gasteiger partial charge < -0.3 is 19.2 Å². The van der Waals surface area contributed by atoms with Crippen LogP contribution < -0.4 is 20.4 Å². The Kier molecular flexibility index (Phi) is 11.0. The number of ether oxygens (including phenoxy) is 2. The van der Waals surface area contributed by atoms with Crippen molar-refractivity contribution in [2.45, 2.75) is 31.9 Å². The fourth-order valence-electron chi connectivity index (χ4n) is 6.06. The molecule has 1 N–H and O–H groups in total. The van der Waals surface area contributed by atoms with E-state index < -0.39 is 26.1 Å². The van der Waals surface area contributed by atoms with E-state index in [9.17, 15) is 14.4 Å². The number of rotatable bonds is 13. The summed E-state index contributed by atoms with van der Waals surface area (Å²) in [5, 5.41) is 19.5. The van der Waals surface area contributed by atoms with E-state index in [-0.39, 0.29) is 42.1 Å². The Balaban J connectivity index is 1.24. The summed E-state index contributed by atoms with van der Waals surface area (Å²) in [6.07, 6.45) is 2.48. The minimum absolute atomic E-state index is 0.0428. The minimum Gasteiger partial charge on any atom is -0.461 e. The Morgan fingerprint density at radius 1 is 0.942 bits per heavy atom. The topological polar surface area (TPSA) is 137 Å². The summed E-state index contributed by atoms with van der Waals surface area (Å²) in [7, 11) is -2.82. The van der Waals surface area contributed by atoms with Crippen LogP contribution in [0.2, 0.25) is 10.1 Å². The normalized spacial score (nSPS) is 12.3. The predicted octanol–water partition coefficient (Wildman–Crippen LogP) is 5.85. The highest BCUT2D eigenvalue weighted by Crippen LogP contribution is 2.36. The molecule has 11 nitrogen and oxygen atoms in total. The standard InChI is InChI=1S/C38H35ClFN7O4Si/c1-38(2,3)52(28-12-6-4-7-13-28,29-14-8-5-9-15-29)50-20-19-49-24-32(36(48)46-33-18-17-27(40)22-42-33)51-37-30-23-45-47(35(30)43-25-44-37)34-26(21-41)11-10-16-31(34)39/h4-18,22-23,25,32H,19-20,24H2,1-3H3,(H,42,46,48). The van der Waals surface area contributed by atoms with Crippen molar-refractivity contribution in [3.8, 4) is 17.6 Å². The van der Waals surface area contributed by atoms with Crippen LogP contribution in [0, 0.1) is 17.1 Å². The number of anilines is 1. The molecule has 6 aromatic rings. The van der Waals surface area contributed by atoms with E-state index in [4.69, 9.17) is 25.5 Å². The monoisotopic (exact) mass is 735 g/mol. The lowest BCUT2D eigenvalue weighted by atomic mass is 10.2. The van der Waals surface area contributed by atoms with Gasteiger partial charge in [-0.05, 0) is 39.7 Å². The summed E-state index contributed by atoms with van der Waals surface area (Å²) >= 11 is 6.46. The quantitative estimate of drug-likeness (QED) is 0.114. The summed E-state index contributed by atoms with van der Waals surface area (Å²) in [4.78, 5) is 26.2. The first kappa shape index (κ1) is 36.3. The van der Waals surface area contributed by atoms with Gasteiger partial charge in [-0.3, -0.25) is 4.79 Å². The van der Waals surface area contributed by atoms with Crippen LogP contribution in [0.1, 0.15) is 26.3 Å². The van der Waals surface area contributed by atoms with Gasteiger partial charge in [0.05, 0.1) is 42.8 Å². The molecule has 0 aliphatic heterocycles. The zero-order valence-electron chi connectivity index (χ0n) is 28.7. The lowest BCUT2D eigenvalue weighted by molar-refractivity contribution is -0.125. The summed E-state index contributed by atoms with van der Waals surface area (Å²) in [6, 6.07) is 30.1. The van der Waals surface area contributed by atoms with Crippen molar-refractivity contribution < 1.29 is 23.1 Å². The van der Waals surface area contributed by atoms with Gasteiger partial charge in [0.15, 0.2) is 5.65 Å². The number of pyridine rings is 1. The molecule has 3 aromatic heterocycles. The highest BCUT2D eigenvalue weighted by molar-refractivity contribution is 6.99. The Bertz CT molecular complexity index is 2150. The third-order valence-electron chi connectivity index (χ3n) is 8.41.